The zero-order valence-corrected chi connectivity index (χ0v) is 14.9. The maximum absolute atomic E-state index is 13.2. The van der Waals surface area contributed by atoms with Crippen LogP contribution in [0.2, 0.25) is 0 Å². The lowest BCUT2D eigenvalue weighted by Gasteiger charge is -2.24. The number of hydrogen-bond acceptors (Lipinski definition) is 2. The molecule has 132 valence electrons. The molecule has 3 nitrogen and oxygen atoms in total. The van der Waals surface area contributed by atoms with Gasteiger partial charge in [0.15, 0.2) is 0 Å². The molecule has 3 aromatic rings. The van der Waals surface area contributed by atoms with Gasteiger partial charge in [-0.25, -0.2) is 0 Å². The van der Waals surface area contributed by atoms with Crippen LogP contribution in [0.5, 0.6) is 5.75 Å². The zero-order valence-electron chi connectivity index (χ0n) is 14.9. The summed E-state index contributed by atoms with van der Waals surface area (Å²) < 4.78 is 5.72. The highest BCUT2D eigenvalue weighted by molar-refractivity contribution is 5.87. The van der Waals surface area contributed by atoms with E-state index in [4.69, 9.17) is 4.74 Å². The van der Waals surface area contributed by atoms with Crippen molar-refractivity contribution in [3.8, 4) is 5.75 Å². The van der Waals surface area contributed by atoms with E-state index in [9.17, 15) is 4.79 Å². The molecule has 0 aliphatic heterocycles. The highest BCUT2D eigenvalue weighted by Gasteiger charge is 2.25. The van der Waals surface area contributed by atoms with Crippen LogP contribution in [0.25, 0.3) is 0 Å². The number of amides is 1. The van der Waals surface area contributed by atoms with Gasteiger partial charge in [0.25, 0.3) is 0 Å². The molecule has 26 heavy (non-hydrogen) atoms. The second kappa shape index (κ2) is 8.86. The number of carbonyl (C=O) groups excluding carboxylic acids is 1. The van der Waals surface area contributed by atoms with E-state index in [2.05, 4.69) is 0 Å². The topological polar surface area (TPSA) is 29.5 Å². The van der Waals surface area contributed by atoms with E-state index in [1.54, 1.807) is 4.90 Å². The van der Waals surface area contributed by atoms with E-state index in [0.29, 0.717) is 13.2 Å². The zero-order chi connectivity index (χ0) is 18.2. The minimum absolute atomic E-state index is 0.0686. The largest absolute Gasteiger partial charge is 0.492 e. The van der Waals surface area contributed by atoms with Gasteiger partial charge in [-0.05, 0) is 23.3 Å². The number of carbonyl (C=O) groups is 1. The quantitative estimate of drug-likeness (QED) is 0.637. The molecule has 0 spiro atoms. The van der Waals surface area contributed by atoms with Gasteiger partial charge in [-0.1, -0.05) is 78.9 Å². The first-order valence-electron chi connectivity index (χ1n) is 8.78. The average Bonchev–Trinajstić information content (AvgIpc) is 2.70. The minimum Gasteiger partial charge on any atom is -0.492 e. The summed E-state index contributed by atoms with van der Waals surface area (Å²) in [4.78, 5) is 14.9. The van der Waals surface area contributed by atoms with Crippen LogP contribution in [0, 0.1) is 0 Å². The second-order valence-corrected chi connectivity index (χ2v) is 6.18. The minimum atomic E-state index is -0.306. The van der Waals surface area contributed by atoms with Crippen LogP contribution in [0.15, 0.2) is 91.0 Å². The van der Waals surface area contributed by atoms with Crippen molar-refractivity contribution in [3.05, 3.63) is 102 Å². The molecular formula is C23H23NO2. The molecule has 0 heterocycles. The molecule has 0 saturated heterocycles. The van der Waals surface area contributed by atoms with Crippen molar-refractivity contribution >= 4 is 5.91 Å². The molecule has 3 rings (SSSR count). The molecule has 1 amide bonds. The smallest absolute Gasteiger partial charge is 0.234 e. The lowest BCUT2D eigenvalue weighted by Crippen LogP contribution is -2.35. The van der Waals surface area contributed by atoms with E-state index in [0.717, 1.165) is 16.9 Å². The predicted octanol–water partition coefficient (Wildman–Crippen LogP) is 4.36. The van der Waals surface area contributed by atoms with E-state index in [1.807, 2.05) is 98.0 Å². The predicted molar refractivity (Wildman–Crippen MR) is 104 cm³/mol. The first kappa shape index (κ1) is 17.7. The molecule has 3 aromatic carbocycles. The Morgan fingerprint density at radius 1 is 0.808 bits per heavy atom. The summed E-state index contributed by atoms with van der Waals surface area (Å²) in [6.07, 6.45) is 0. The maximum Gasteiger partial charge on any atom is 0.234 e. The van der Waals surface area contributed by atoms with Crippen molar-refractivity contribution in [3.63, 3.8) is 0 Å². The van der Waals surface area contributed by atoms with Crippen molar-refractivity contribution in [2.75, 3.05) is 20.2 Å². The van der Waals surface area contributed by atoms with E-state index in [-0.39, 0.29) is 11.8 Å². The Morgan fingerprint density at radius 3 is 1.77 bits per heavy atom. The fraction of sp³-hybridized carbons (Fsp3) is 0.174. The molecule has 0 saturated carbocycles. The number of benzene rings is 3. The van der Waals surface area contributed by atoms with E-state index in [1.165, 1.54) is 0 Å². The van der Waals surface area contributed by atoms with Crippen LogP contribution in [0.3, 0.4) is 0 Å². The molecule has 3 heteroatoms. The summed E-state index contributed by atoms with van der Waals surface area (Å²) in [6.45, 7) is 0.993. The normalized spacial score (nSPS) is 10.5. The van der Waals surface area contributed by atoms with Gasteiger partial charge in [-0.3, -0.25) is 4.79 Å². The van der Waals surface area contributed by atoms with E-state index >= 15 is 0 Å². The van der Waals surface area contributed by atoms with Crippen molar-refractivity contribution < 1.29 is 9.53 Å². The van der Waals surface area contributed by atoms with Gasteiger partial charge < -0.3 is 9.64 Å². The third-order valence-electron chi connectivity index (χ3n) is 4.33. The Balaban J connectivity index is 1.71. The number of nitrogens with zero attached hydrogens (tertiary/aromatic N) is 1. The standard InChI is InChI=1S/C23H23NO2/c1-24(17-18-26-21-15-9-4-10-16-21)23(25)22(19-11-5-2-6-12-19)20-13-7-3-8-14-20/h2-16,22H,17-18H2,1H3. The molecule has 0 aromatic heterocycles. The SMILES string of the molecule is CN(CCOc1ccccc1)C(=O)C(c1ccccc1)c1ccccc1. The summed E-state index contributed by atoms with van der Waals surface area (Å²) in [5, 5.41) is 0. The highest BCUT2D eigenvalue weighted by Crippen LogP contribution is 2.26. The number of ether oxygens (including phenoxy) is 1. The first-order valence-corrected chi connectivity index (χ1v) is 8.78. The molecule has 0 atom stereocenters. The molecule has 0 radical (unpaired) electrons. The third-order valence-corrected chi connectivity index (χ3v) is 4.33. The van der Waals surface area contributed by atoms with Crippen LogP contribution in [-0.4, -0.2) is 31.0 Å². The second-order valence-electron chi connectivity index (χ2n) is 6.18. The van der Waals surface area contributed by atoms with Crippen molar-refractivity contribution in [2.45, 2.75) is 5.92 Å². The van der Waals surface area contributed by atoms with Gasteiger partial charge in [0.1, 0.15) is 12.4 Å². The van der Waals surface area contributed by atoms with Gasteiger partial charge in [-0.2, -0.15) is 0 Å². The van der Waals surface area contributed by atoms with Crippen LogP contribution in [-0.2, 0) is 4.79 Å². The number of hydrogen-bond donors (Lipinski definition) is 0. The molecule has 0 aliphatic carbocycles. The number of likely N-dealkylation sites (N-methyl/N-ethyl adjacent to an activating group) is 1. The van der Waals surface area contributed by atoms with Gasteiger partial charge in [0.05, 0.1) is 12.5 Å². The van der Waals surface area contributed by atoms with Crippen molar-refractivity contribution in [1.82, 2.24) is 4.90 Å². The summed E-state index contributed by atoms with van der Waals surface area (Å²) in [5.74, 6) is 0.578. The first-order chi connectivity index (χ1) is 12.8. The average molecular weight is 345 g/mol. The molecular weight excluding hydrogens is 322 g/mol. The van der Waals surface area contributed by atoms with Crippen LogP contribution < -0.4 is 4.74 Å². The molecule has 0 aliphatic rings. The Kier molecular flexibility index (Phi) is 6.05. The number of para-hydroxylation sites is 1. The third kappa shape index (κ3) is 4.51. The van der Waals surface area contributed by atoms with E-state index < -0.39 is 0 Å². The Morgan fingerprint density at radius 2 is 1.27 bits per heavy atom. The molecule has 0 N–H and O–H groups in total. The highest BCUT2D eigenvalue weighted by atomic mass is 16.5. The van der Waals surface area contributed by atoms with Gasteiger partial charge in [0, 0.05) is 7.05 Å². The van der Waals surface area contributed by atoms with Crippen LogP contribution in [0.4, 0.5) is 0 Å². The Labute approximate surface area is 154 Å². The van der Waals surface area contributed by atoms with Crippen molar-refractivity contribution in [2.24, 2.45) is 0 Å². The van der Waals surface area contributed by atoms with Gasteiger partial charge in [-0.15, -0.1) is 0 Å². The maximum atomic E-state index is 13.2. The Hall–Kier alpha value is -3.07. The fourth-order valence-electron chi connectivity index (χ4n) is 2.92. The molecule has 0 unspecified atom stereocenters. The summed E-state index contributed by atoms with van der Waals surface area (Å²) in [5.41, 5.74) is 2.00. The lowest BCUT2D eigenvalue weighted by molar-refractivity contribution is -0.130. The lowest BCUT2D eigenvalue weighted by atomic mass is 9.90. The van der Waals surface area contributed by atoms with Gasteiger partial charge in [0.2, 0.25) is 5.91 Å². The monoisotopic (exact) mass is 345 g/mol. The summed E-state index contributed by atoms with van der Waals surface area (Å²) in [6, 6.07) is 29.5. The van der Waals surface area contributed by atoms with Crippen molar-refractivity contribution in [1.29, 1.82) is 0 Å². The Bertz CT molecular complexity index is 764. The van der Waals surface area contributed by atoms with Crippen LogP contribution in [0.1, 0.15) is 17.0 Å². The fourth-order valence-corrected chi connectivity index (χ4v) is 2.92. The molecule has 0 fully saturated rings. The summed E-state index contributed by atoms with van der Waals surface area (Å²) in [7, 11) is 1.83. The summed E-state index contributed by atoms with van der Waals surface area (Å²) >= 11 is 0. The molecule has 0 bridgehead atoms. The van der Waals surface area contributed by atoms with Crippen LogP contribution >= 0.6 is 0 Å². The number of rotatable bonds is 7. The van der Waals surface area contributed by atoms with Gasteiger partial charge >= 0.3 is 0 Å².